The van der Waals surface area contributed by atoms with Crippen LogP contribution < -0.4 is 0 Å². The van der Waals surface area contributed by atoms with Gasteiger partial charge >= 0.3 is 0 Å². The molecule has 3 rings (SSSR count). The van der Waals surface area contributed by atoms with Crippen molar-refractivity contribution >= 4 is 21.5 Å². The van der Waals surface area contributed by atoms with Gasteiger partial charge in [-0.05, 0) is 47.4 Å². The lowest BCUT2D eigenvalue weighted by molar-refractivity contribution is 0.0995. The predicted molar refractivity (Wildman–Crippen MR) is 80.0 cm³/mol. The molecule has 2 aromatic rings. The summed E-state index contributed by atoms with van der Waals surface area (Å²) >= 11 is 0. The van der Waals surface area contributed by atoms with Crippen molar-refractivity contribution in [2.75, 3.05) is 0 Å². The highest BCUT2D eigenvalue weighted by Gasteiger charge is 2.35. The molecule has 0 saturated carbocycles. The molecule has 0 radical (unpaired) electrons. The van der Waals surface area contributed by atoms with Gasteiger partial charge in [0.2, 0.25) is 15.7 Å². The summed E-state index contributed by atoms with van der Waals surface area (Å²) < 4.78 is 25.5. The van der Waals surface area contributed by atoms with Crippen LogP contribution in [0, 0.1) is 6.92 Å². The van der Waals surface area contributed by atoms with E-state index < -0.39 is 21.5 Å². The number of ketones is 1. The molecule has 0 spiro atoms. The molecule has 1 aliphatic rings. The number of azide groups is 1. The summed E-state index contributed by atoms with van der Waals surface area (Å²) in [6, 6.07) is 8.17. The second-order valence-corrected chi connectivity index (χ2v) is 6.92. The summed E-state index contributed by atoms with van der Waals surface area (Å²) in [6.45, 7) is 1.72. The quantitative estimate of drug-likeness (QED) is 0.388. The van der Waals surface area contributed by atoms with E-state index in [-0.39, 0.29) is 26.5 Å². The van der Waals surface area contributed by atoms with Crippen molar-refractivity contribution in [1.29, 1.82) is 0 Å². The molecule has 0 bridgehead atoms. The third-order valence-electron chi connectivity index (χ3n) is 3.57. The van der Waals surface area contributed by atoms with Crippen molar-refractivity contribution < 1.29 is 18.0 Å². The number of aryl methyl sites for hydroxylation is 1. The lowest BCUT2D eigenvalue weighted by Crippen LogP contribution is -2.21. The van der Waals surface area contributed by atoms with Crippen LogP contribution in [0.15, 0.2) is 51.3 Å². The van der Waals surface area contributed by atoms with E-state index in [4.69, 9.17) is 5.53 Å². The van der Waals surface area contributed by atoms with Crippen LogP contribution in [0.2, 0.25) is 0 Å². The average Bonchev–Trinajstić information content (AvgIpc) is 2.53. The average molecular weight is 327 g/mol. The fourth-order valence-corrected chi connectivity index (χ4v) is 4.23. The molecule has 114 valence electrons. The van der Waals surface area contributed by atoms with Gasteiger partial charge in [-0.1, -0.05) is 12.1 Å². The van der Waals surface area contributed by atoms with Crippen molar-refractivity contribution in [1.82, 2.24) is 0 Å². The second-order valence-electron chi connectivity index (χ2n) is 5.04. The Bertz CT molecular complexity index is 1030. The summed E-state index contributed by atoms with van der Waals surface area (Å²) in [4.78, 5) is 26.2. The van der Waals surface area contributed by atoms with Gasteiger partial charge in [0.1, 0.15) is 0 Å². The number of hydrogen-bond donors (Lipinski definition) is 0. The molecule has 1 aliphatic heterocycles. The minimum atomic E-state index is -3.94. The Labute approximate surface area is 131 Å². The zero-order chi connectivity index (χ0) is 16.8. The van der Waals surface area contributed by atoms with Gasteiger partial charge in [-0.3, -0.25) is 9.59 Å². The zero-order valence-electron chi connectivity index (χ0n) is 11.8. The lowest BCUT2D eigenvalue weighted by Gasteiger charge is -2.19. The fraction of sp³-hybridized carbons (Fsp3) is 0.0667. The molecule has 1 amide bonds. The van der Waals surface area contributed by atoms with Gasteiger partial charge in [-0.2, -0.15) is 0 Å². The highest BCUT2D eigenvalue weighted by molar-refractivity contribution is 7.91. The largest absolute Gasteiger partial charge is 0.289 e. The van der Waals surface area contributed by atoms with E-state index in [0.29, 0.717) is 5.56 Å². The number of rotatable bonds is 1. The van der Waals surface area contributed by atoms with Crippen molar-refractivity contribution in [3.05, 3.63) is 69.1 Å². The van der Waals surface area contributed by atoms with Crippen LogP contribution in [0.5, 0.6) is 0 Å². The summed E-state index contributed by atoms with van der Waals surface area (Å²) in [5, 5.41) is 2.93. The van der Waals surface area contributed by atoms with Crippen LogP contribution in [0.1, 0.15) is 31.8 Å². The molecule has 8 heteroatoms. The van der Waals surface area contributed by atoms with Crippen LogP contribution in [-0.4, -0.2) is 20.1 Å². The first-order valence-electron chi connectivity index (χ1n) is 6.50. The first-order chi connectivity index (χ1) is 10.9. The lowest BCUT2D eigenvalue weighted by atomic mass is 10.00. The number of hydrogen-bond acceptors (Lipinski definition) is 4. The summed E-state index contributed by atoms with van der Waals surface area (Å²) in [7, 11) is -3.94. The maximum atomic E-state index is 12.8. The molecule has 0 unspecified atom stereocenters. The van der Waals surface area contributed by atoms with Crippen molar-refractivity contribution in [3.8, 4) is 0 Å². The molecule has 0 aromatic heterocycles. The monoisotopic (exact) mass is 327 g/mol. The maximum Gasteiger partial charge on any atom is 0.249 e. The summed E-state index contributed by atoms with van der Waals surface area (Å²) in [5.41, 5.74) is 9.02. The molecular weight excluding hydrogens is 318 g/mol. The zero-order valence-corrected chi connectivity index (χ0v) is 12.7. The number of amides is 1. The van der Waals surface area contributed by atoms with Crippen LogP contribution in [0.25, 0.3) is 10.4 Å². The summed E-state index contributed by atoms with van der Waals surface area (Å²) in [5.74, 6) is -1.33. The fourth-order valence-electron chi connectivity index (χ4n) is 2.47. The van der Waals surface area contributed by atoms with Crippen LogP contribution >= 0.6 is 0 Å². The van der Waals surface area contributed by atoms with Gasteiger partial charge in [0.25, 0.3) is 0 Å². The third kappa shape index (κ3) is 2.21. The van der Waals surface area contributed by atoms with Gasteiger partial charge in [-0.25, -0.2) is 8.42 Å². The topological polar surface area (TPSA) is 117 Å². The number of nitrogens with zero attached hydrogens (tertiary/aromatic N) is 3. The number of carbonyl (C=O) groups excluding carboxylic acids is 2. The molecule has 2 aromatic carbocycles. The van der Waals surface area contributed by atoms with E-state index in [0.717, 1.165) is 6.07 Å². The van der Waals surface area contributed by atoms with Gasteiger partial charge < -0.3 is 0 Å². The van der Waals surface area contributed by atoms with Crippen molar-refractivity contribution in [3.63, 3.8) is 0 Å². The Hall–Kier alpha value is -2.96. The highest BCUT2D eigenvalue weighted by atomic mass is 32.2. The molecule has 0 N–H and O–H groups in total. The SMILES string of the molecule is Cc1ccc2c(c1)S(=O)(=O)c1cc(C(=O)N=[N+]=[N-])ccc1C2=O. The number of benzene rings is 2. The Morgan fingerprint density at radius 1 is 1.09 bits per heavy atom. The second kappa shape index (κ2) is 5.05. The first kappa shape index (κ1) is 15.0. The molecule has 0 fully saturated rings. The normalized spacial score (nSPS) is 14.4. The molecule has 0 aliphatic carbocycles. The van der Waals surface area contributed by atoms with Crippen molar-refractivity contribution in [2.24, 2.45) is 5.11 Å². The Kier molecular flexibility index (Phi) is 3.28. The molecule has 7 nitrogen and oxygen atoms in total. The standard InChI is InChI=1S/C15H9N3O4S/c1-8-2-4-10-12(6-8)23(21,22)13-7-9(15(20)17-18-16)3-5-11(13)14(10)19/h2-7H,1H3. The van der Waals surface area contributed by atoms with Crippen LogP contribution in [-0.2, 0) is 9.84 Å². The molecule has 0 saturated heterocycles. The van der Waals surface area contributed by atoms with Gasteiger partial charge in [0, 0.05) is 21.6 Å². The Balaban J connectivity index is 2.31. The first-order valence-corrected chi connectivity index (χ1v) is 7.98. The van der Waals surface area contributed by atoms with Crippen LogP contribution in [0.3, 0.4) is 0 Å². The maximum absolute atomic E-state index is 12.8. The van der Waals surface area contributed by atoms with E-state index in [1.165, 1.54) is 24.3 Å². The summed E-state index contributed by atoms with van der Waals surface area (Å²) in [6.07, 6.45) is 0. The minimum absolute atomic E-state index is 0.00107. The minimum Gasteiger partial charge on any atom is -0.289 e. The smallest absolute Gasteiger partial charge is 0.249 e. The van der Waals surface area contributed by atoms with Crippen molar-refractivity contribution in [2.45, 2.75) is 16.7 Å². The Morgan fingerprint density at radius 3 is 2.35 bits per heavy atom. The number of sulfone groups is 1. The van der Waals surface area contributed by atoms with Crippen LogP contribution in [0.4, 0.5) is 0 Å². The molecule has 1 heterocycles. The predicted octanol–water partition coefficient (Wildman–Crippen LogP) is 2.82. The number of carbonyl (C=O) groups is 2. The number of fused-ring (bicyclic) bond motifs is 2. The van der Waals surface area contributed by atoms with Gasteiger partial charge in [-0.15, -0.1) is 0 Å². The van der Waals surface area contributed by atoms with Gasteiger partial charge in [0.15, 0.2) is 5.78 Å². The highest BCUT2D eigenvalue weighted by Crippen LogP contribution is 2.35. The van der Waals surface area contributed by atoms with E-state index in [1.54, 1.807) is 13.0 Å². The van der Waals surface area contributed by atoms with E-state index >= 15 is 0 Å². The molecule has 0 atom stereocenters. The Morgan fingerprint density at radius 2 is 1.70 bits per heavy atom. The van der Waals surface area contributed by atoms with E-state index in [1.807, 2.05) is 0 Å². The molecular formula is C15H9N3O4S. The molecule has 23 heavy (non-hydrogen) atoms. The third-order valence-corrected chi connectivity index (χ3v) is 5.40. The van der Waals surface area contributed by atoms with E-state index in [9.17, 15) is 18.0 Å². The van der Waals surface area contributed by atoms with E-state index in [2.05, 4.69) is 10.0 Å². The van der Waals surface area contributed by atoms with Gasteiger partial charge in [0.05, 0.1) is 9.79 Å².